The van der Waals surface area contributed by atoms with Crippen molar-refractivity contribution in [3.63, 3.8) is 0 Å². The molecule has 6 heteroatoms. The van der Waals surface area contributed by atoms with E-state index in [2.05, 4.69) is 19.9 Å². The lowest BCUT2D eigenvalue weighted by Crippen LogP contribution is -1.98. The molecule has 1 N–H and O–H groups in total. The van der Waals surface area contributed by atoms with Gasteiger partial charge in [0.25, 0.3) is 0 Å². The van der Waals surface area contributed by atoms with Gasteiger partial charge in [-0.15, -0.1) is 0 Å². The molecular formula is C11H11ClN4S. The van der Waals surface area contributed by atoms with Gasteiger partial charge in [-0.2, -0.15) is 0 Å². The first kappa shape index (κ1) is 11.0. The fourth-order valence-corrected chi connectivity index (χ4v) is 2.55. The molecule has 1 aliphatic carbocycles. The van der Waals surface area contributed by atoms with Crippen molar-refractivity contribution in [2.24, 2.45) is 0 Å². The molecule has 2 aromatic heterocycles. The zero-order valence-corrected chi connectivity index (χ0v) is 10.8. The van der Waals surface area contributed by atoms with E-state index in [4.69, 9.17) is 11.6 Å². The zero-order chi connectivity index (χ0) is 11.8. The number of hydrogen-bond donors (Lipinski definition) is 1. The average molecular weight is 267 g/mol. The number of nitrogens with zero attached hydrogens (tertiary/aromatic N) is 3. The normalized spacial score (nSPS) is 15.2. The Labute approximate surface area is 108 Å². The van der Waals surface area contributed by atoms with Crippen LogP contribution in [-0.4, -0.2) is 19.9 Å². The number of rotatable bonds is 3. The van der Waals surface area contributed by atoms with Crippen LogP contribution in [0.1, 0.15) is 30.1 Å². The Hall–Kier alpha value is -1.07. The Balaban J connectivity index is 1.96. The molecule has 1 aliphatic rings. The van der Waals surface area contributed by atoms with Crippen molar-refractivity contribution in [3.8, 4) is 0 Å². The third-order valence-electron chi connectivity index (χ3n) is 2.67. The average Bonchev–Trinajstić information content (AvgIpc) is 3.04. The standard InChI is InChI=1S/C11H11ClN4S/c1-6-8(12)15-9(7-2-3-7)16-10(6)17-11-13-4-5-14-11/h4-5,7H,2-3H2,1H3,(H,13,14). The molecule has 0 atom stereocenters. The van der Waals surface area contributed by atoms with E-state index in [1.54, 1.807) is 12.4 Å². The van der Waals surface area contributed by atoms with Crippen molar-refractivity contribution >= 4 is 23.4 Å². The summed E-state index contributed by atoms with van der Waals surface area (Å²) >= 11 is 7.63. The third-order valence-corrected chi connectivity index (χ3v) is 4.04. The van der Waals surface area contributed by atoms with E-state index in [0.29, 0.717) is 11.1 Å². The number of H-pyrrole nitrogens is 1. The monoisotopic (exact) mass is 266 g/mol. The summed E-state index contributed by atoms with van der Waals surface area (Å²) in [6, 6.07) is 0. The summed E-state index contributed by atoms with van der Waals surface area (Å²) in [4.78, 5) is 16.1. The van der Waals surface area contributed by atoms with Gasteiger partial charge in [0, 0.05) is 23.9 Å². The minimum atomic E-state index is 0.504. The van der Waals surface area contributed by atoms with Gasteiger partial charge in [-0.25, -0.2) is 15.0 Å². The van der Waals surface area contributed by atoms with Crippen LogP contribution in [0.3, 0.4) is 0 Å². The highest BCUT2D eigenvalue weighted by Crippen LogP contribution is 2.40. The van der Waals surface area contributed by atoms with Gasteiger partial charge in [-0.3, -0.25) is 0 Å². The highest BCUT2D eigenvalue weighted by atomic mass is 35.5. The van der Waals surface area contributed by atoms with Crippen molar-refractivity contribution in [1.29, 1.82) is 0 Å². The molecule has 0 spiro atoms. The Bertz CT molecular complexity index is 537. The topological polar surface area (TPSA) is 54.5 Å². The van der Waals surface area contributed by atoms with Crippen LogP contribution in [0.15, 0.2) is 22.6 Å². The van der Waals surface area contributed by atoms with Crippen LogP contribution in [0.25, 0.3) is 0 Å². The van der Waals surface area contributed by atoms with Crippen LogP contribution < -0.4 is 0 Å². The van der Waals surface area contributed by atoms with Gasteiger partial charge < -0.3 is 4.98 Å². The molecule has 0 unspecified atom stereocenters. The smallest absolute Gasteiger partial charge is 0.171 e. The molecule has 2 aromatic rings. The van der Waals surface area contributed by atoms with Crippen molar-refractivity contribution in [1.82, 2.24) is 19.9 Å². The SMILES string of the molecule is Cc1c(Cl)nc(C2CC2)nc1Sc1ncc[nH]1. The molecule has 1 saturated carbocycles. The predicted molar refractivity (Wildman–Crippen MR) is 66.5 cm³/mol. The maximum atomic E-state index is 6.14. The molecule has 1 fully saturated rings. The predicted octanol–water partition coefficient (Wildman–Crippen LogP) is 3.19. The van der Waals surface area contributed by atoms with Crippen molar-refractivity contribution in [3.05, 3.63) is 28.9 Å². The number of nitrogens with one attached hydrogen (secondary N) is 1. The molecule has 0 aromatic carbocycles. The molecule has 2 heterocycles. The molecule has 0 bridgehead atoms. The minimum absolute atomic E-state index is 0.504. The molecular weight excluding hydrogens is 256 g/mol. The highest BCUT2D eigenvalue weighted by molar-refractivity contribution is 7.99. The second-order valence-corrected chi connectivity index (χ2v) is 5.41. The highest BCUT2D eigenvalue weighted by Gasteiger charge is 2.28. The van der Waals surface area contributed by atoms with Crippen molar-refractivity contribution in [2.45, 2.75) is 35.9 Å². The second kappa shape index (κ2) is 4.31. The number of halogens is 1. The number of imidazole rings is 1. The Kier molecular flexibility index (Phi) is 2.80. The number of aromatic amines is 1. The summed E-state index contributed by atoms with van der Waals surface area (Å²) in [5.74, 6) is 1.37. The van der Waals surface area contributed by atoms with Crippen LogP contribution in [0.5, 0.6) is 0 Å². The van der Waals surface area contributed by atoms with Gasteiger partial charge in [-0.1, -0.05) is 11.6 Å². The van der Waals surface area contributed by atoms with E-state index in [1.165, 1.54) is 24.6 Å². The zero-order valence-electron chi connectivity index (χ0n) is 9.27. The van der Waals surface area contributed by atoms with Crippen molar-refractivity contribution < 1.29 is 0 Å². The van der Waals surface area contributed by atoms with Crippen LogP contribution in [0.4, 0.5) is 0 Å². The maximum Gasteiger partial charge on any atom is 0.171 e. The maximum absolute atomic E-state index is 6.14. The van der Waals surface area contributed by atoms with E-state index in [-0.39, 0.29) is 0 Å². The summed E-state index contributed by atoms with van der Waals surface area (Å²) in [7, 11) is 0. The molecule has 17 heavy (non-hydrogen) atoms. The van der Waals surface area contributed by atoms with Crippen LogP contribution in [0.2, 0.25) is 5.15 Å². The first-order valence-corrected chi connectivity index (χ1v) is 6.65. The number of hydrogen-bond acceptors (Lipinski definition) is 4. The van der Waals surface area contributed by atoms with E-state index >= 15 is 0 Å². The van der Waals surface area contributed by atoms with Crippen LogP contribution in [0, 0.1) is 6.92 Å². The molecule has 0 radical (unpaired) electrons. The Morgan fingerprint density at radius 1 is 1.41 bits per heavy atom. The summed E-state index contributed by atoms with van der Waals surface area (Å²) in [5.41, 5.74) is 0.914. The summed E-state index contributed by atoms with van der Waals surface area (Å²) in [6.07, 6.45) is 5.86. The first-order chi connectivity index (χ1) is 8.24. The van der Waals surface area contributed by atoms with Gasteiger partial charge in [0.1, 0.15) is 16.0 Å². The fourth-order valence-electron chi connectivity index (χ4n) is 1.51. The van der Waals surface area contributed by atoms with Crippen molar-refractivity contribution in [2.75, 3.05) is 0 Å². The molecule has 88 valence electrons. The van der Waals surface area contributed by atoms with Gasteiger partial charge >= 0.3 is 0 Å². The van der Waals surface area contributed by atoms with E-state index in [1.807, 2.05) is 6.92 Å². The number of aromatic nitrogens is 4. The molecule has 4 nitrogen and oxygen atoms in total. The van der Waals surface area contributed by atoms with Gasteiger partial charge in [0.2, 0.25) is 0 Å². The van der Waals surface area contributed by atoms with Crippen LogP contribution in [-0.2, 0) is 0 Å². The Morgan fingerprint density at radius 2 is 2.24 bits per heavy atom. The summed E-state index contributed by atoms with van der Waals surface area (Å²) < 4.78 is 0. The lowest BCUT2D eigenvalue weighted by molar-refractivity contribution is 0.859. The third kappa shape index (κ3) is 2.30. The minimum Gasteiger partial charge on any atom is -0.339 e. The quantitative estimate of drug-likeness (QED) is 0.867. The summed E-state index contributed by atoms with van der Waals surface area (Å²) in [6.45, 7) is 1.93. The summed E-state index contributed by atoms with van der Waals surface area (Å²) in [5, 5.41) is 2.27. The fraction of sp³-hybridized carbons (Fsp3) is 0.364. The molecule has 0 saturated heterocycles. The molecule has 0 amide bonds. The first-order valence-electron chi connectivity index (χ1n) is 5.45. The van der Waals surface area contributed by atoms with Gasteiger partial charge in [0.05, 0.1) is 0 Å². The van der Waals surface area contributed by atoms with Crippen LogP contribution >= 0.6 is 23.4 Å². The van der Waals surface area contributed by atoms with Gasteiger partial charge in [-0.05, 0) is 31.5 Å². The lowest BCUT2D eigenvalue weighted by Gasteiger charge is -2.06. The largest absolute Gasteiger partial charge is 0.339 e. The van der Waals surface area contributed by atoms with E-state index < -0.39 is 0 Å². The van der Waals surface area contributed by atoms with E-state index in [0.717, 1.165) is 21.6 Å². The molecule has 3 rings (SSSR count). The van der Waals surface area contributed by atoms with E-state index in [9.17, 15) is 0 Å². The second-order valence-electron chi connectivity index (χ2n) is 4.07. The molecule has 0 aliphatic heterocycles. The Morgan fingerprint density at radius 3 is 2.88 bits per heavy atom. The van der Waals surface area contributed by atoms with Gasteiger partial charge in [0.15, 0.2) is 5.16 Å². The lowest BCUT2D eigenvalue weighted by atomic mass is 10.3.